The number of hydrogen-bond acceptors (Lipinski definition) is 3. The summed E-state index contributed by atoms with van der Waals surface area (Å²) in [6, 6.07) is 5.31. The molecule has 0 atom stereocenters. The summed E-state index contributed by atoms with van der Waals surface area (Å²) in [5.41, 5.74) is 3.46. The van der Waals surface area contributed by atoms with Crippen molar-refractivity contribution < 1.29 is 9.18 Å². The average molecular weight is 390 g/mol. The maximum absolute atomic E-state index is 13.0. The van der Waals surface area contributed by atoms with E-state index in [0.717, 1.165) is 37.9 Å². The second-order valence-corrected chi connectivity index (χ2v) is 7.83. The summed E-state index contributed by atoms with van der Waals surface area (Å²) in [4.78, 5) is 11.0. The molecule has 1 saturated carbocycles. The van der Waals surface area contributed by atoms with Gasteiger partial charge >= 0.3 is 6.04 Å². The lowest BCUT2D eigenvalue weighted by molar-refractivity contribution is 0.0836. The van der Waals surface area contributed by atoms with Crippen LogP contribution in [-0.2, 0) is 6.54 Å². The van der Waals surface area contributed by atoms with Gasteiger partial charge in [-0.1, -0.05) is 18.2 Å². The Morgan fingerprint density at radius 2 is 2.00 bits per heavy atom. The second-order valence-electron chi connectivity index (χ2n) is 7.42. The first-order valence-electron chi connectivity index (χ1n) is 9.29. The lowest BCUT2D eigenvalue weighted by Crippen LogP contribution is -2.33. The Kier molecular flexibility index (Phi) is 6.00. The number of halogens is 2. The first-order chi connectivity index (χ1) is 12.8. The molecule has 6 heteroatoms. The summed E-state index contributed by atoms with van der Waals surface area (Å²) in [6.45, 7) is 9.11. The van der Waals surface area contributed by atoms with Gasteiger partial charge in [0.2, 0.25) is 0 Å². The zero-order valence-corrected chi connectivity index (χ0v) is 16.5. The molecule has 1 aliphatic rings. The van der Waals surface area contributed by atoms with Crippen LogP contribution in [0.1, 0.15) is 53.0 Å². The number of nitrogens with one attached hydrogen (secondary N) is 1. The summed E-state index contributed by atoms with van der Waals surface area (Å²) in [6.07, 6.45) is 4.28. The van der Waals surface area contributed by atoms with Crippen molar-refractivity contribution in [3.63, 3.8) is 0 Å². The lowest BCUT2D eigenvalue weighted by atomic mass is 9.85. The maximum atomic E-state index is 13.0. The molecular formula is C21H25ClFN3O. The van der Waals surface area contributed by atoms with Crippen LogP contribution in [0.5, 0.6) is 0 Å². The van der Waals surface area contributed by atoms with Gasteiger partial charge in [0.1, 0.15) is 0 Å². The van der Waals surface area contributed by atoms with Gasteiger partial charge < -0.3 is 5.32 Å². The molecule has 3 rings (SSSR count). The molecule has 1 fully saturated rings. The molecule has 1 aromatic carbocycles. The van der Waals surface area contributed by atoms with Gasteiger partial charge in [-0.25, -0.2) is 0 Å². The predicted octanol–water partition coefficient (Wildman–Crippen LogP) is 5.08. The van der Waals surface area contributed by atoms with E-state index >= 15 is 0 Å². The fourth-order valence-corrected chi connectivity index (χ4v) is 4.03. The third-order valence-electron chi connectivity index (χ3n) is 5.28. The van der Waals surface area contributed by atoms with Crippen molar-refractivity contribution in [1.29, 1.82) is 0 Å². The normalized spacial score (nSPS) is 19.7. The van der Waals surface area contributed by atoms with Gasteiger partial charge in [0.05, 0.1) is 11.3 Å². The summed E-state index contributed by atoms with van der Waals surface area (Å²) >= 11 is 6.20. The third-order valence-corrected chi connectivity index (χ3v) is 5.61. The van der Waals surface area contributed by atoms with Crippen molar-refractivity contribution in [3.05, 3.63) is 58.4 Å². The zero-order chi connectivity index (χ0) is 19.6. The Bertz CT molecular complexity index is 853. The molecule has 0 unspecified atom stereocenters. The minimum Gasteiger partial charge on any atom is -0.382 e. The van der Waals surface area contributed by atoms with Crippen LogP contribution in [0.25, 0.3) is 5.70 Å². The molecule has 0 spiro atoms. The zero-order valence-electron chi connectivity index (χ0n) is 15.8. The van der Waals surface area contributed by atoms with Gasteiger partial charge in [-0.05, 0) is 69.7 Å². The molecule has 0 radical (unpaired) electrons. The van der Waals surface area contributed by atoms with Crippen LogP contribution in [0.2, 0.25) is 5.02 Å². The number of carbonyl (C=O) groups is 1. The van der Waals surface area contributed by atoms with E-state index < -0.39 is 6.04 Å². The predicted molar refractivity (Wildman–Crippen MR) is 107 cm³/mol. The van der Waals surface area contributed by atoms with Crippen molar-refractivity contribution in [1.82, 2.24) is 15.1 Å². The molecule has 0 amide bonds. The van der Waals surface area contributed by atoms with Gasteiger partial charge in [0, 0.05) is 34.6 Å². The Morgan fingerprint density at radius 1 is 1.30 bits per heavy atom. The van der Waals surface area contributed by atoms with E-state index in [2.05, 4.69) is 34.7 Å². The number of aryl methyl sites for hydroxylation is 2. The van der Waals surface area contributed by atoms with E-state index in [1.165, 1.54) is 23.9 Å². The number of benzene rings is 1. The average Bonchev–Trinajstić information content (AvgIpc) is 2.93. The minimum absolute atomic E-state index is 0.00839. The highest BCUT2D eigenvalue weighted by Crippen LogP contribution is 2.29. The summed E-state index contributed by atoms with van der Waals surface area (Å²) in [5, 5.41) is 8.42. The largest absolute Gasteiger partial charge is 0.382 e. The smallest absolute Gasteiger partial charge is 0.332 e. The summed E-state index contributed by atoms with van der Waals surface area (Å²) < 4.78 is 15.1. The number of nitrogens with zero attached hydrogens (tertiary/aromatic N) is 2. The topological polar surface area (TPSA) is 46.9 Å². The molecule has 144 valence electrons. The number of hydrogen-bond donors (Lipinski definition) is 1. The van der Waals surface area contributed by atoms with Crippen LogP contribution in [0.4, 0.5) is 4.39 Å². The molecule has 1 aliphatic carbocycles. The highest BCUT2D eigenvalue weighted by atomic mass is 35.5. The lowest BCUT2D eigenvalue weighted by Gasteiger charge is -2.30. The van der Waals surface area contributed by atoms with Crippen LogP contribution >= 0.6 is 11.6 Å². The van der Waals surface area contributed by atoms with Gasteiger partial charge in [0.15, 0.2) is 0 Å². The van der Waals surface area contributed by atoms with Crippen LogP contribution in [-0.4, -0.2) is 21.9 Å². The maximum Gasteiger partial charge on any atom is 0.332 e. The fraction of sp³-hybridized carbons (Fsp3) is 0.429. The third kappa shape index (κ3) is 4.78. The molecule has 0 aliphatic heterocycles. The molecule has 27 heavy (non-hydrogen) atoms. The highest BCUT2D eigenvalue weighted by Gasteiger charge is 2.23. The standard InChI is InChI=1S/C21H25ClFN3O/c1-13-10-14(2)26(25-13)12-16-4-7-18(8-5-16)24-15(3)19-11-17(21(23)27)6-9-20(19)22/h6,9-11,16,18,24H,3-5,7-8,12H2,1-2H3. The number of rotatable bonds is 6. The van der Waals surface area contributed by atoms with Crippen LogP contribution < -0.4 is 5.32 Å². The van der Waals surface area contributed by atoms with Crippen LogP contribution in [0.15, 0.2) is 30.8 Å². The van der Waals surface area contributed by atoms with E-state index in [4.69, 9.17) is 11.6 Å². The minimum atomic E-state index is -1.47. The Balaban J connectivity index is 1.56. The first-order valence-corrected chi connectivity index (χ1v) is 9.67. The Morgan fingerprint density at radius 3 is 2.59 bits per heavy atom. The SMILES string of the molecule is C=C(NC1CCC(Cn2nc(C)cc2C)CC1)c1cc(C(=O)F)ccc1Cl. The Hall–Kier alpha value is -2.14. The molecule has 0 saturated heterocycles. The molecule has 0 bridgehead atoms. The van der Waals surface area contributed by atoms with E-state index in [-0.39, 0.29) is 5.56 Å². The monoisotopic (exact) mass is 389 g/mol. The van der Waals surface area contributed by atoms with Gasteiger partial charge in [-0.3, -0.25) is 9.48 Å². The number of carbonyl (C=O) groups excluding carboxylic acids is 1. The van der Waals surface area contributed by atoms with Crippen LogP contribution in [0.3, 0.4) is 0 Å². The Labute approximate surface area is 164 Å². The second kappa shape index (κ2) is 8.26. The van der Waals surface area contributed by atoms with Crippen LogP contribution in [0, 0.1) is 19.8 Å². The van der Waals surface area contributed by atoms with Gasteiger partial charge in [0.25, 0.3) is 0 Å². The van der Waals surface area contributed by atoms with E-state index in [9.17, 15) is 9.18 Å². The van der Waals surface area contributed by atoms with E-state index in [1.54, 1.807) is 0 Å². The molecule has 1 heterocycles. The molecule has 4 nitrogen and oxygen atoms in total. The van der Waals surface area contributed by atoms with Crippen molar-refractivity contribution in [2.45, 2.75) is 52.1 Å². The quantitative estimate of drug-likeness (QED) is 0.700. The van der Waals surface area contributed by atoms with Crippen molar-refractivity contribution in [2.75, 3.05) is 0 Å². The van der Waals surface area contributed by atoms with E-state index in [1.807, 2.05) is 6.92 Å². The first kappa shape index (κ1) is 19.6. The molecular weight excluding hydrogens is 365 g/mol. The number of aromatic nitrogens is 2. The molecule has 2 aromatic rings. The van der Waals surface area contributed by atoms with Crippen molar-refractivity contribution in [2.24, 2.45) is 5.92 Å². The summed E-state index contributed by atoms with van der Waals surface area (Å²) in [7, 11) is 0. The van der Waals surface area contributed by atoms with Crippen molar-refractivity contribution >= 4 is 23.3 Å². The highest BCUT2D eigenvalue weighted by molar-refractivity contribution is 6.32. The van der Waals surface area contributed by atoms with Gasteiger partial charge in [-0.2, -0.15) is 9.49 Å². The molecule has 1 N–H and O–H groups in total. The molecule has 1 aromatic heterocycles. The summed E-state index contributed by atoms with van der Waals surface area (Å²) in [5.74, 6) is 0.616. The van der Waals surface area contributed by atoms with Gasteiger partial charge in [-0.15, -0.1) is 0 Å². The van der Waals surface area contributed by atoms with E-state index in [0.29, 0.717) is 28.2 Å². The fourth-order valence-electron chi connectivity index (χ4n) is 3.80. The van der Waals surface area contributed by atoms with Crippen molar-refractivity contribution in [3.8, 4) is 0 Å².